The van der Waals surface area contributed by atoms with Crippen molar-refractivity contribution in [2.45, 2.75) is 32.3 Å². The number of aryl methyl sites for hydroxylation is 2. The molecule has 3 rings (SSSR count). The van der Waals surface area contributed by atoms with Crippen molar-refractivity contribution in [1.29, 1.82) is 0 Å². The molecule has 2 aromatic carbocycles. The first-order valence-electron chi connectivity index (χ1n) is 7.30. The fraction of sp³-hybridized carbons (Fsp3) is 0.278. The molecule has 0 saturated heterocycles. The molecule has 1 aliphatic carbocycles. The largest absolute Gasteiger partial charge is 0.485 e. The minimum atomic E-state index is -0.839. The lowest BCUT2D eigenvalue weighted by molar-refractivity contribution is -0.136. The molecule has 2 aromatic rings. The lowest BCUT2D eigenvalue weighted by Gasteiger charge is -2.18. The van der Waals surface area contributed by atoms with E-state index in [0.717, 1.165) is 28.4 Å². The number of hydrogen-bond acceptors (Lipinski definition) is 2. The minimum Gasteiger partial charge on any atom is -0.485 e. The van der Waals surface area contributed by atoms with Gasteiger partial charge in [0.1, 0.15) is 11.9 Å². The maximum absolute atomic E-state index is 11.1. The van der Waals surface area contributed by atoms with Crippen LogP contribution in [0.5, 0.6) is 5.75 Å². The van der Waals surface area contributed by atoms with Crippen molar-refractivity contribution >= 4 is 21.9 Å². The Morgan fingerprint density at radius 3 is 2.95 bits per heavy atom. The number of carboxylic acids is 1. The smallest absolute Gasteiger partial charge is 0.307 e. The fourth-order valence-electron chi connectivity index (χ4n) is 2.97. The third-order valence-electron chi connectivity index (χ3n) is 4.10. The molecule has 1 aliphatic rings. The summed E-state index contributed by atoms with van der Waals surface area (Å²) in [6.07, 6.45) is 1.89. The van der Waals surface area contributed by atoms with Gasteiger partial charge in [-0.15, -0.1) is 0 Å². The molecule has 0 aromatic heterocycles. The van der Waals surface area contributed by atoms with Crippen LogP contribution in [0.4, 0.5) is 0 Å². The first kappa shape index (κ1) is 15.1. The third kappa shape index (κ3) is 3.02. The van der Waals surface area contributed by atoms with Crippen molar-refractivity contribution in [2.75, 3.05) is 0 Å². The van der Waals surface area contributed by atoms with Crippen molar-refractivity contribution in [3.63, 3.8) is 0 Å². The molecule has 0 fully saturated rings. The van der Waals surface area contributed by atoms with Gasteiger partial charge in [-0.3, -0.25) is 4.79 Å². The van der Waals surface area contributed by atoms with Crippen LogP contribution in [0.1, 0.15) is 34.8 Å². The Balaban J connectivity index is 1.91. The Hall–Kier alpha value is -1.81. The predicted octanol–water partition coefficient (Wildman–Crippen LogP) is 4.45. The van der Waals surface area contributed by atoms with Crippen LogP contribution in [-0.2, 0) is 17.6 Å². The van der Waals surface area contributed by atoms with E-state index in [-0.39, 0.29) is 12.5 Å². The van der Waals surface area contributed by atoms with E-state index in [0.29, 0.717) is 5.75 Å². The Labute approximate surface area is 138 Å². The average Bonchev–Trinajstić information content (AvgIpc) is 2.85. The standard InChI is InChI=1S/C18H17BrO3/c1-11-3-2-4-16(14(11)10-18(20)21)22-17-8-6-12-5-7-13(19)9-15(12)17/h2-5,7,9,17H,6,8,10H2,1H3,(H,20,21). The van der Waals surface area contributed by atoms with Gasteiger partial charge >= 0.3 is 5.97 Å². The summed E-state index contributed by atoms with van der Waals surface area (Å²) < 4.78 is 7.22. The molecule has 0 spiro atoms. The number of halogens is 1. The van der Waals surface area contributed by atoms with E-state index in [4.69, 9.17) is 9.84 Å². The lowest BCUT2D eigenvalue weighted by Crippen LogP contribution is -2.09. The molecule has 0 saturated carbocycles. The van der Waals surface area contributed by atoms with Gasteiger partial charge in [-0.1, -0.05) is 34.1 Å². The van der Waals surface area contributed by atoms with Crippen LogP contribution in [0.2, 0.25) is 0 Å². The molecule has 0 amide bonds. The molecule has 0 bridgehead atoms. The summed E-state index contributed by atoms with van der Waals surface area (Å²) in [4.78, 5) is 11.1. The second kappa shape index (κ2) is 6.13. The maximum Gasteiger partial charge on any atom is 0.307 e. The first-order chi connectivity index (χ1) is 10.5. The van der Waals surface area contributed by atoms with Crippen LogP contribution in [0.3, 0.4) is 0 Å². The highest BCUT2D eigenvalue weighted by atomic mass is 79.9. The number of hydrogen-bond donors (Lipinski definition) is 1. The number of aliphatic carboxylic acids is 1. The lowest BCUT2D eigenvalue weighted by atomic mass is 10.0. The van der Waals surface area contributed by atoms with Crippen molar-refractivity contribution < 1.29 is 14.6 Å². The normalized spacial score (nSPS) is 16.4. The van der Waals surface area contributed by atoms with E-state index < -0.39 is 5.97 Å². The molecular weight excluding hydrogens is 344 g/mol. The van der Waals surface area contributed by atoms with Crippen LogP contribution in [0.25, 0.3) is 0 Å². The van der Waals surface area contributed by atoms with Crippen LogP contribution >= 0.6 is 15.9 Å². The Morgan fingerprint density at radius 2 is 2.18 bits per heavy atom. The van der Waals surface area contributed by atoms with Crippen LogP contribution in [-0.4, -0.2) is 11.1 Å². The summed E-state index contributed by atoms with van der Waals surface area (Å²) >= 11 is 3.50. The summed E-state index contributed by atoms with van der Waals surface area (Å²) in [5.41, 5.74) is 4.21. The van der Waals surface area contributed by atoms with Crippen molar-refractivity contribution in [3.8, 4) is 5.75 Å². The van der Waals surface area contributed by atoms with Crippen LogP contribution in [0, 0.1) is 6.92 Å². The van der Waals surface area contributed by atoms with E-state index in [1.165, 1.54) is 11.1 Å². The Bertz CT molecular complexity index is 724. The van der Waals surface area contributed by atoms with Crippen molar-refractivity contribution in [1.82, 2.24) is 0 Å². The van der Waals surface area contributed by atoms with Gasteiger partial charge in [-0.25, -0.2) is 0 Å². The highest BCUT2D eigenvalue weighted by Gasteiger charge is 2.25. The number of ether oxygens (including phenoxy) is 1. The van der Waals surface area contributed by atoms with E-state index in [1.807, 2.05) is 31.2 Å². The molecule has 114 valence electrons. The van der Waals surface area contributed by atoms with Gasteiger partial charge < -0.3 is 9.84 Å². The summed E-state index contributed by atoms with van der Waals surface area (Å²) in [5, 5.41) is 9.11. The zero-order valence-corrected chi connectivity index (χ0v) is 13.9. The van der Waals surface area contributed by atoms with Gasteiger partial charge in [-0.05, 0) is 54.7 Å². The van der Waals surface area contributed by atoms with Crippen molar-refractivity contribution in [2.24, 2.45) is 0 Å². The second-order valence-electron chi connectivity index (χ2n) is 5.61. The van der Waals surface area contributed by atoms with Gasteiger partial charge in [0.15, 0.2) is 0 Å². The summed E-state index contributed by atoms with van der Waals surface area (Å²) in [7, 11) is 0. The predicted molar refractivity (Wildman–Crippen MR) is 88.4 cm³/mol. The molecule has 1 atom stereocenters. The molecule has 0 heterocycles. The first-order valence-corrected chi connectivity index (χ1v) is 8.09. The number of benzene rings is 2. The van der Waals surface area contributed by atoms with Gasteiger partial charge in [0, 0.05) is 10.0 Å². The van der Waals surface area contributed by atoms with Gasteiger partial charge in [0.05, 0.1) is 6.42 Å². The molecule has 22 heavy (non-hydrogen) atoms. The highest BCUT2D eigenvalue weighted by Crippen LogP contribution is 2.37. The number of rotatable bonds is 4. The molecule has 3 nitrogen and oxygen atoms in total. The molecule has 0 aliphatic heterocycles. The monoisotopic (exact) mass is 360 g/mol. The molecule has 1 unspecified atom stereocenters. The number of carbonyl (C=O) groups is 1. The van der Waals surface area contributed by atoms with Gasteiger partial charge in [0.25, 0.3) is 0 Å². The van der Waals surface area contributed by atoms with E-state index in [2.05, 4.69) is 28.1 Å². The summed E-state index contributed by atoms with van der Waals surface area (Å²) in [6, 6.07) is 12.0. The van der Waals surface area contributed by atoms with E-state index >= 15 is 0 Å². The topological polar surface area (TPSA) is 46.5 Å². The molecular formula is C18H17BrO3. The second-order valence-corrected chi connectivity index (χ2v) is 6.53. The Kier molecular flexibility index (Phi) is 4.21. The quantitative estimate of drug-likeness (QED) is 0.875. The summed E-state index contributed by atoms with van der Waals surface area (Å²) in [5.74, 6) is -0.158. The molecule has 0 radical (unpaired) electrons. The van der Waals surface area contributed by atoms with Crippen LogP contribution in [0.15, 0.2) is 40.9 Å². The molecule has 1 N–H and O–H groups in total. The molecule has 4 heteroatoms. The zero-order valence-electron chi connectivity index (χ0n) is 12.3. The number of fused-ring (bicyclic) bond motifs is 1. The van der Waals surface area contributed by atoms with Crippen LogP contribution < -0.4 is 4.74 Å². The zero-order chi connectivity index (χ0) is 15.7. The fourth-order valence-corrected chi connectivity index (χ4v) is 3.35. The summed E-state index contributed by atoms with van der Waals surface area (Å²) in [6.45, 7) is 1.92. The third-order valence-corrected chi connectivity index (χ3v) is 4.59. The Morgan fingerprint density at radius 1 is 1.36 bits per heavy atom. The van der Waals surface area contributed by atoms with E-state index in [1.54, 1.807) is 0 Å². The average molecular weight is 361 g/mol. The SMILES string of the molecule is Cc1cccc(OC2CCc3ccc(Br)cc32)c1CC(=O)O. The van der Waals surface area contributed by atoms with Gasteiger partial charge in [0.2, 0.25) is 0 Å². The highest BCUT2D eigenvalue weighted by molar-refractivity contribution is 9.10. The minimum absolute atomic E-state index is 0.0122. The van der Waals surface area contributed by atoms with Crippen molar-refractivity contribution in [3.05, 3.63) is 63.1 Å². The maximum atomic E-state index is 11.1. The van der Waals surface area contributed by atoms with E-state index in [9.17, 15) is 4.79 Å². The number of carboxylic acid groups (broad SMARTS) is 1. The van der Waals surface area contributed by atoms with Gasteiger partial charge in [-0.2, -0.15) is 0 Å².